The average Bonchev–Trinajstić information content (AvgIpc) is 2.81. The first-order chi connectivity index (χ1) is 8.19. The van der Waals surface area contributed by atoms with Crippen molar-refractivity contribution in [3.8, 4) is 0 Å². The van der Waals surface area contributed by atoms with Crippen LogP contribution in [0.4, 0.5) is 5.82 Å². The molecular weight excluding hydrogens is 244 g/mol. The summed E-state index contributed by atoms with van der Waals surface area (Å²) in [5.74, 6) is 0.136. The molecule has 1 aliphatic heterocycles. The molecule has 2 heterocycles. The van der Waals surface area contributed by atoms with Gasteiger partial charge in [0.2, 0.25) is 0 Å². The second-order valence-electron chi connectivity index (χ2n) is 3.79. The van der Waals surface area contributed by atoms with Gasteiger partial charge in [0.1, 0.15) is 6.10 Å². The molecule has 0 spiro atoms. The van der Waals surface area contributed by atoms with Crippen LogP contribution in [0.3, 0.4) is 0 Å². The molecule has 0 bridgehead atoms. The maximum Gasteiger partial charge on any atom is 0.254 e. The van der Waals surface area contributed by atoms with Crippen molar-refractivity contribution in [1.82, 2.24) is 10.2 Å². The minimum atomic E-state index is -0.457. The molecule has 17 heavy (non-hydrogen) atoms. The summed E-state index contributed by atoms with van der Waals surface area (Å²) in [6.07, 6.45) is 0.998. The molecule has 2 rings (SSSR count). The van der Waals surface area contributed by atoms with Crippen LogP contribution in [0.1, 0.15) is 12.8 Å². The second kappa shape index (κ2) is 5.39. The third-order valence-corrected chi connectivity index (χ3v) is 2.75. The highest BCUT2D eigenvalue weighted by atomic mass is 35.5. The number of hydrogen-bond acceptors (Lipinski definition) is 5. The number of anilines is 1. The monoisotopic (exact) mass is 256 g/mol. The molecule has 1 fully saturated rings. The summed E-state index contributed by atoms with van der Waals surface area (Å²) in [7, 11) is 0. The number of halogens is 1. The first-order valence-corrected chi connectivity index (χ1v) is 5.72. The molecule has 0 aromatic carbocycles. The van der Waals surface area contributed by atoms with Crippen LogP contribution in [0.5, 0.6) is 0 Å². The van der Waals surface area contributed by atoms with Gasteiger partial charge >= 0.3 is 0 Å². The Kier molecular flexibility index (Phi) is 3.88. The Bertz CT molecular complexity index is 398. The molecule has 1 amide bonds. The number of nitrogens with two attached hydrogens (primary N) is 1. The highest BCUT2D eigenvalue weighted by Gasteiger charge is 2.29. The van der Waals surface area contributed by atoms with Gasteiger partial charge in [0.15, 0.2) is 11.0 Å². The fraction of sp³-hybridized carbons (Fsp3) is 0.500. The van der Waals surface area contributed by atoms with Crippen molar-refractivity contribution in [3.63, 3.8) is 0 Å². The third kappa shape index (κ3) is 3.12. The van der Waals surface area contributed by atoms with Crippen LogP contribution >= 0.6 is 11.6 Å². The Morgan fingerprint density at radius 1 is 1.53 bits per heavy atom. The third-order valence-electron chi connectivity index (χ3n) is 2.55. The SMILES string of the molecule is NCC1CCC(C(=O)Nc2ccc(Cl)nn2)O1. The van der Waals surface area contributed by atoms with Gasteiger partial charge < -0.3 is 15.8 Å². The molecule has 7 heteroatoms. The number of nitrogens with zero attached hydrogens (tertiary/aromatic N) is 2. The van der Waals surface area contributed by atoms with Crippen molar-refractivity contribution in [3.05, 3.63) is 17.3 Å². The van der Waals surface area contributed by atoms with E-state index in [9.17, 15) is 4.79 Å². The van der Waals surface area contributed by atoms with Crippen LogP contribution in [0.15, 0.2) is 12.1 Å². The molecule has 0 aliphatic carbocycles. The van der Waals surface area contributed by atoms with Crippen molar-refractivity contribution in [1.29, 1.82) is 0 Å². The number of amides is 1. The van der Waals surface area contributed by atoms with E-state index >= 15 is 0 Å². The fourth-order valence-corrected chi connectivity index (χ4v) is 1.76. The molecule has 1 aromatic rings. The van der Waals surface area contributed by atoms with Crippen LogP contribution in [-0.2, 0) is 9.53 Å². The molecule has 2 unspecified atom stereocenters. The van der Waals surface area contributed by atoms with Gasteiger partial charge in [0.25, 0.3) is 5.91 Å². The Balaban J connectivity index is 1.91. The number of rotatable bonds is 3. The maximum atomic E-state index is 11.8. The number of carbonyl (C=O) groups is 1. The van der Waals surface area contributed by atoms with E-state index in [0.717, 1.165) is 6.42 Å². The predicted molar refractivity (Wildman–Crippen MR) is 62.6 cm³/mol. The summed E-state index contributed by atoms with van der Waals surface area (Å²) in [4.78, 5) is 11.8. The number of carbonyl (C=O) groups excluding carboxylic acids is 1. The molecule has 92 valence electrons. The first kappa shape index (κ1) is 12.2. The van der Waals surface area contributed by atoms with E-state index in [4.69, 9.17) is 22.1 Å². The van der Waals surface area contributed by atoms with Crippen molar-refractivity contribution in [2.75, 3.05) is 11.9 Å². The van der Waals surface area contributed by atoms with Crippen molar-refractivity contribution in [2.45, 2.75) is 25.0 Å². The lowest BCUT2D eigenvalue weighted by atomic mass is 10.2. The topological polar surface area (TPSA) is 90.1 Å². The van der Waals surface area contributed by atoms with E-state index in [-0.39, 0.29) is 17.2 Å². The zero-order valence-corrected chi connectivity index (χ0v) is 9.85. The normalized spacial score (nSPS) is 23.6. The summed E-state index contributed by atoms with van der Waals surface area (Å²) in [6.45, 7) is 0.435. The Hall–Kier alpha value is -1.24. The lowest BCUT2D eigenvalue weighted by Crippen LogP contribution is -2.30. The smallest absolute Gasteiger partial charge is 0.254 e. The van der Waals surface area contributed by atoms with E-state index in [0.29, 0.717) is 18.8 Å². The maximum absolute atomic E-state index is 11.8. The van der Waals surface area contributed by atoms with Gasteiger partial charge in [-0.15, -0.1) is 10.2 Å². The molecule has 1 saturated heterocycles. The fourth-order valence-electron chi connectivity index (χ4n) is 1.66. The zero-order chi connectivity index (χ0) is 12.3. The van der Waals surface area contributed by atoms with Gasteiger partial charge in [-0.3, -0.25) is 4.79 Å². The highest BCUT2D eigenvalue weighted by Crippen LogP contribution is 2.20. The van der Waals surface area contributed by atoms with Crippen LogP contribution in [-0.4, -0.2) is 34.9 Å². The number of nitrogens with one attached hydrogen (secondary N) is 1. The molecule has 1 aromatic heterocycles. The predicted octanol–water partition coefficient (Wildman–Crippen LogP) is 0.575. The van der Waals surface area contributed by atoms with E-state index in [1.54, 1.807) is 12.1 Å². The van der Waals surface area contributed by atoms with Gasteiger partial charge in [-0.2, -0.15) is 0 Å². The summed E-state index contributed by atoms with van der Waals surface area (Å²) in [6, 6.07) is 3.14. The van der Waals surface area contributed by atoms with E-state index < -0.39 is 6.10 Å². The van der Waals surface area contributed by atoms with Gasteiger partial charge in [-0.1, -0.05) is 11.6 Å². The van der Waals surface area contributed by atoms with Crippen molar-refractivity contribution < 1.29 is 9.53 Å². The van der Waals surface area contributed by atoms with Crippen molar-refractivity contribution in [2.24, 2.45) is 5.73 Å². The van der Waals surface area contributed by atoms with Crippen LogP contribution < -0.4 is 11.1 Å². The van der Waals surface area contributed by atoms with Crippen molar-refractivity contribution >= 4 is 23.3 Å². The highest BCUT2D eigenvalue weighted by molar-refractivity contribution is 6.29. The van der Waals surface area contributed by atoms with E-state index in [1.807, 2.05) is 0 Å². The quantitative estimate of drug-likeness (QED) is 0.825. The van der Waals surface area contributed by atoms with Gasteiger partial charge in [0.05, 0.1) is 6.10 Å². The van der Waals surface area contributed by atoms with E-state index in [1.165, 1.54) is 0 Å². The number of aromatic nitrogens is 2. The molecule has 2 atom stereocenters. The van der Waals surface area contributed by atoms with Gasteiger partial charge in [-0.05, 0) is 25.0 Å². The minimum absolute atomic E-state index is 0.0259. The summed E-state index contributed by atoms with van der Waals surface area (Å²) >= 11 is 5.59. The first-order valence-electron chi connectivity index (χ1n) is 5.34. The molecule has 1 aliphatic rings. The lowest BCUT2D eigenvalue weighted by Gasteiger charge is -2.11. The second-order valence-corrected chi connectivity index (χ2v) is 4.18. The minimum Gasteiger partial charge on any atom is -0.364 e. The largest absolute Gasteiger partial charge is 0.364 e. The molecular formula is C10H13ClN4O2. The standard InChI is InChI=1S/C10H13ClN4O2/c11-8-3-4-9(15-14-8)13-10(16)7-2-1-6(5-12)17-7/h3-4,6-7H,1-2,5,12H2,(H,13,15,16). The Morgan fingerprint density at radius 3 is 2.94 bits per heavy atom. The van der Waals surface area contributed by atoms with E-state index in [2.05, 4.69) is 15.5 Å². The van der Waals surface area contributed by atoms with Crippen LogP contribution in [0.2, 0.25) is 5.15 Å². The molecule has 0 radical (unpaired) electrons. The number of hydrogen-bond donors (Lipinski definition) is 2. The summed E-state index contributed by atoms with van der Waals surface area (Å²) < 4.78 is 5.46. The average molecular weight is 257 g/mol. The van der Waals surface area contributed by atoms with Gasteiger partial charge in [-0.25, -0.2) is 0 Å². The molecule has 0 saturated carbocycles. The van der Waals surface area contributed by atoms with Crippen LogP contribution in [0, 0.1) is 0 Å². The molecule has 6 nitrogen and oxygen atoms in total. The Labute approximate surface area is 103 Å². The van der Waals surface area contributed by atoms with Gasteiger partial charge in [0, 0.05) is 6.54 Å². The van der Waals surface area contributed by atoms with Crippen LogP contribution in [0.25, 0.3) is 0 Å². The molecule has 3 N–H and O–H groups in total. The summed E-state index contributed by atoms with van der Waals surface area (Å²) in [5.41, 5.74) is 5.47. The Morgan fingerprint density at radius 2 is 2.35 bits per heavy atom. The lowest BCUT2D eigenvalue weighted by molar-refractivity contribution is -0.126. The summed E-state index contributed by atoms with van der Waals surface area (Å²) in [5, 5.41) is 10.3. The zero-order valence-electron chi connectivity index (χ0n) is 9.10. The number of ether oxygens (including phenoxy) is 1.